The van der Waals surface area contributed by atoms with E-state index < -0.39 is 5.97 Å². The zero-order valence-corrected chi connectivity index (χ0v) is 14.8. The van der Waals surface area contributed by atoms with Crippen LogP contribution in [-0.4, -0.2) is 29.1 Å². The van der Waals surface area contributed by atoms with Crippen LogP contribution in [0, 0.1) is 5.92 Å². The summed E-state index contributed by atoms with van der Waals surface area (Å²) < 4.78 is 0. The summed E-state index contributed by atoms with van der Waals surface area (Å²) in [4.78, 5) is 13.4. The highest BCUT2D eigenvalue weighted by Gasteiger charge is 2.27. The van der Waals surface area contributed by atoms with E-state index in [0.717, 1.165) is 25.9 Å². The van der Waals surface area contributed by atoms with Crippen molar-refractivity contribution < 1.29 is 9.90 Å². The number of piperidine rings is 1. The van der Waals surface area contributed by atoms with Crippen molar-refractivity contribution in [2.24, 2.45) is 5.92 Å². The van der Waals surface area contributed by atoms with Crippen LogP contribution in [0.5, 0.6) is 0 Å². The largest absolute Gasteiger partial charge is 0.481 e. The summed E-state index contributed by atoms with van der Waals surface area (Å²) in [6, 6.07) is 9.23. The summed E-state index contributed by atoms with van der Waals surface area (Å²) >= 11 is 0. The number of hydrogen-bond acceptors (Lipinski definition) is 2. The highest BCUT2D eigenvalue weighted by molar-refractivity contribution is 5.85. The lowest BCUT2D eigenvalue weighted by Crippen LogP contribution is -2.37. The van der Waals surface area contributed by atoms with E-state index >= 15 is 0 Å². The molecule has 124 valence electrons. The highest BCUT2D eigenvalue weighted by atomic mass is 35.5. The predicted octanol–water partition coefficient (Wildman–Crippen LogP) is 4.26. The molecule has 1 fully saturated rings. The van der Waals surface area contributed by atoms with E-state index in [-0.39, 0.29) is 23.7 Å². The molecule has 1 heterocycles. The van der Waals surface area contributed by atoms with Crippen molar-refractivity contribution in [3.05, 3.63) is 35.4 Å². The van der Waals surface area contributed by atoms with E-state index in [0.29, 0.717) is 6.04 Å². The van der Waals surface area contributed by atoms with Crippen LogP contribution < -0.4 is 0 Å². The fourth-order valence-corrected chi connectivity index (χ4v) is 3.01. The normalized spacial score (nSPS) is 18.5. The number of halogens is 1. The molecule has 0 saturated carbocycles. The number of carboxylic acid groups (broad SMARTS) is 1. The number of hydrogen-bond donors (Lipinski definition) is 1. The molecular weight excluding hydrogens is 298 g/mol. The Balaban J connectivity index is 0.00000242. The van der Waals surface area contributed by atoms with Gasteiger partial charge in [-0.1, -0.05) is 45.0 Å². The van der Waals surface area contributed by atoms with Crippen LogP contribution >= 0.6 is 12.4 Å². The van der Waals surface area contributed by atoms with Crippen molar-refractivity contribution in [2.45, 2.75) is 52.0 Å². The first-order chi connectivity index (χ1) is 9.79. The molecule has 2 rings (SSSR count). The van der Waals surface area contributed by atoms with Crippen LogP contribution in [0.15, 0.2) is 24.3 Å². The summed E-state index contributed by atoms with van der Waals surface area (Å²) in [5.41, 5.74) is 2.85. The lowest BCUT2D eigenvalue weighted by Gasteiger charge is -2.35. The Kier molecular flexibility index (Phi) is 6.45. The van der Waals surface area contributed by atoms with Gasteiger partial charge < -0.3 is 5.11 Å². The Morgan fingerprint density at radius 1 is 1.18 bits per heavy atom. The average molecular weight is 326 g/mol. The molecule has 0 aliphatic carbocycles. The number of nitrogens with zero attached hydrogens (tertiary/aromatic N) is 1. The molecular formula is C18H28ClNO2. The zero-order valence-electron chi connectivity index (χ0n) is 14.0. The summed E-state index contributed by atoms with van der Waals surface area (Å²) in [6.45, 7) is 10.6. The first kappa shape index (κ1) is 19.0. The van der Waals surface area contributed by atoms with Gasteiger partial charge in [0.2, 0.25) is 0 Å². The predicted molar refractivity (Wildman–Crippen MR) is 92.7 cm³/mol. The lowest BCUT2D eigenvalue weighted by molar-refractivity contribution is -0.143. The van der Waals surface area contributed by atoms with Crippen LogP contribution in [0.4, 0.5) is 0 Å². The van der Waals surface area contributed by atoms with E-state index in [1.165, 1.54) is 11.1 Å². The molecule has 1 atom stereocenters. The van der Waals surface area contributed by atoms with Gasteiger partial charge in [0.15, 0.2) is 0 Å². The molecule has 1 unspecified atom stereocenters. The van der Waals surface area contributed by atoms with Gasteiger partial charge in [0.1, 0.15) is 0 Å². The summed E-state index contributed by atoms with van der Waals surface area (Å²) in [5.74, 6) is -0.798. The summed E-state index contributed by atoms with van der Waals surface area (Å²) in [7, 11) is 0. The summed E-state index contributed by atoms with van der Waals surface area (Å²) in [5, 5.41) is 9.07. The smallest absolute Gasteiger partial charge is 0.306 e. The summed E-state index contributed by atoms with van der Waals surface area (Å²) in [6.07, 6.45) is 1.53. The second-order valence-corrected chi connectivity index (χ2v) is 7.20. The van der Waals surface area contributed by atoms with Crippen molar-refractivity contribution in [1.82, 2.24) is 4.90 Å². The van der Waals surface area contributed by atoms with Gasteiger partial charge in [0.05, 0.1) is 5.92 Å². The first-order valence-corrected chi connectivity index (χ1v) is 7.86. The maximum absolute atomic E-state index is 11.0. The number of likely N-dealkylation sites (tertiary alicyclic amines) is 1. The fraction of sp³-hybridized carbons (Fsp3) is 0.611. The van der Waals surface area contributed by atoms with Crippen molar-refractivity contribution >= 4 is 18.4 Å². The van der Waals surface area contributed by atoms with Crippen molar-refractivity contribution in [1.29, 1.82) is 0 Å². The molecule has 1 saturated heterocycles. The quantitative estimate of drug-likeness (QED) is 0.902. The number of benzene rings is 1. The number of carboxylic acids is 1. The van der Waals surface area contributed by atoms with Crippen LogP contribution in [0.1, 0.15) is 57.7 Å². The minimum absolute atomic E-state index is 0. The Hall–Kier alpha value is -1.06. The van der Waals surface area contributed by atoms with Crippen LogP contribution in [0.2, 0.25) is 0 Å². The van der Waals surface area contributed by atoms with Gasteiger partial charge in [-0.25, -0.2) is 0 Å². The molecule has 1 aliphatic heterocycles. The SMILES string of the molecule is CC(c1ccc(C(C)(C)C)cc1)N1CCC(C(=O)O)CC1.Cl. The number of rotatable bonds is 3. The Morgan fingerprint density at radius 2 is 1.68 bits per heavy atom. The third-order valence-corrected chi connectivity index (χ3v) is 4.69. The monoisotopic (exact) mass is 325 g/mol. The third kappa shape index (κ3) is 4.47. The van der Waals surface area contributed by atoms with Crippen LogP contribution in [0.25, 0.3) is 0 Å². The minimum Gasteiger partial charge on any atom is -0.481 e. The van der Waals surface area contributed by atoms with E-state index in [4.69, 9.17) is 5.11 Å². The third-order valence-electron chi connectivity index (χ3n) is 4.69. The molecule has 1 N–H and O–H groups in total. The first-order valence-electron chi connectivity index (χ1n) is 7.86. The van der Waals surface area contributed by atoms with E-state index in [1.54, 1.807) is 0 Å². The second kappa shape index (κ2) is 7.47. The van der Waals surface area contributed by atoms with Gasteiger partial charge in [0.25, 0.3) is 0 Å². The molecule has 0 bridgehead atoms. The molecule has 1 aromatic carbocycles. The van der Waals surface area contributed by atoms with E-state index in [9.17, 15) is 4.79 Å². The highest BCUT2D eigenvalue weighted by Crippen LogP contribution is 2.29. The molecule has 1 aliphatic rings. The van der Waals surface area contributed by atoms with Crippen molar-refractivity contribution in [3.63, 3.8) is 0 Å². The van der Waals surface area contributed by atoms with Crippen LogP contribution in [0.3, 0.4) is 0 Å². The fourth-order valence-electron chi connectivity index (χ4n) is 3.01. The van der Waals surface area contributed by atoms with Crippen LogP contribution in [-0.2, 0) is 10.2 Å². The van der Waals surface area contributed by atoms with Gasteiger partial charge in [-0.15, -0.1) is 12.4 Å². The topological polar surface area (TPSA) is 40.5 Å². The Morgan fingerprint density at radius 3 is 2.09 bits per heavy atom. The van der Waals surface area contributed by atoms with Gasteiger partial charge in [-0.05, 0) is 49.4 Å². The molecule has 1 aromatic rings. The molecule has 0 radical (unpaired) electrons. The number of aliphatic carboxylic acids is 1. The molecule has 3 nitrogen and oxygen atoms in total. The standard InChI is InChI=1S/C18H27NO2.ClH/c1-13(19-11-9-15(10-12-19)17(20)21)14-5-7-16(8-6-14)18(2,3)4;/h5-8,13,15H,9-12H2,1-4H3,(H,20,21);1H. The van der Waals surface area contributed by atoms with E-state index in [1.807, 2.05) is 0 Å². The molecule has 22 heavy (non-hydrogen) atoms. The van der Waals surface area contributed by atoms with Crippen molar-refractivity contribution in [3.8, 4) is 0 Å². The van der Waals surface area contributed by atoms with Gasteiger partial charge in [0, 0.05) is 6.04 Å². The maximum Gasteiger partial charge on any atom is 0.306 e. The van der Waals surface area contributed by atoms with E-state index in [2.05, 4.69) is 56.9 Å². The molecule has 0 amide bonds. The lowest BCUT2D eigenvalue weighted by atomic mass is 9.86. The minimum atomic E-state index is -0.642. The van der Waals surface area contributed by atoms with Gasteiger partial charge in [-0.3, -0.25) is 9.69 Å². The zero-order chi connectivity index (χ0) is 15.6. The van der Waals surface area contributed by atoms with Gasteiger partial charge in [-0.2, -0.15) is 0 Å². The second-order valence-electron chi connectivity index (χ2n) is 7.20. The Bertz CT molecular complexity index is 485. The average Bonchev–Trinajstić information content (AvgIpc) is 2.46. The number of carbonyl (C=O) groups is 1. The molecule has 0 spiro atoms. The Labute approximate surface area is 140 Å². The van der Waals surface area contributed by atoms with Crippen molar-refractivity contribution in [2.75, 3.05) is 13.1 Å². The maximum atomic E-state index is 11.0. The molecule has 4 heteroatoms. The molecule has 0 aromatic heterocycles. The van der Waals surface area contributed by atoms with Gasteiger partial charge >= 0.3 is 5.97 Å².